The number of pyridine rings is 1. The zero-order chi connectivity index (χ0) is 15.2. The Bertz CT molecular complexity index is 672. The molecule has 4 heteroatoms. The maximum atomic E-state index is 12.1. The van der Waals surface area contributed by atoms with Crippen LogP contribution >= 0.6 is 0 Å². The predicted molar refractivity (Wildman–Crippen MR) is 84.8 cm³/mol. The lowest BCUT2D eigenvalue weighted by atomic mass is 10.1. The second-order valence-electron chi connectivity index (χ2n) is 5.15. The minimum atomic E-state index is -0.391. The Labute approximate surface area is 124 Å². The van der Waals surface area contributed by atoms with E-state index >= 15 is 0 Å². The van der Waals surface area contributed by atoms with Crippen LogP contribution < -0.4 is 10.7 Å². The summed E-state index contributed by atoms with van der Waals surface area (Å²) >= 11 is 0. The average molecular weight is 284 g/mol. The van der Waals surface area contributed by atoms with Crippen LogP contribution in [0.5, 0.6) is 0 Å². The van der Waals surface area contributed by atoms with Gasteiger partial charge in [0.15, 0.2) is 5.43 Å². The Balaban J connectivity index is 2.07. The van der Waals surface area contributed by atoms with Crippen LogP contribution in [0.2, 0.25) is 0 Å². The molecule has 0 spiro atoms. The molecular formula is C17H20N2O2. The Morgan fingerprint density at radius 1 is 1.24 bits per heavy atom. The van der Waals surface area contributed by atoms with Gasteiger partial charge in [0.2, 0.25) is 0 Å². The summed E-state index contributed by atoms with van der Waals surface area (Å²) in [6.07, 6.45) is 4.81. The predicted octanol–water partition coefficient (Wildman–Crippen LogP) is 3.28. The molecule has 0 aliphatic carbocycles. The van der Waals surface area contributed by atoms with Crippen LogP contribution in [-0.4, -0.2) is 10.9 Å². The van der Waals surface area contributed by atoms with Gasteiger partial charge in [0, 0.05) is 23.6 Å². The van der Waals surface area contributed by atoms with Crippen LogP contribution in [0.15, 0.2) is 41.3 Å². The van der Waals surface area contributed by atoms with Crippen molar-refractivity contribution >= 4 is 11.6 Å². The number of unbranched alkanes of at least 4 members (excludes halogenated alkanes) is 1. The lowest BCUT2D eigenvalue weighted by Gasteiger charge is -2.06. The van der Waals surface area contributed by atoms with Gasteiger partial charge in [-0.15, -0.1) is 0 Å². The van der Waals surface area contributed by atoms with Crippen molar-refractivity contribution in [3.05, 3.63) is 63.6 Å². The van der Waals surface area contributed by atoms with Gasteiger partial charge < -0.3 is 10.3 Å². The number of benzene rings is 1. The molecule has 110 valence electrons. The van der Waals surface area contributed by atoms with Crippen LogP contribution in [0.3, 0.4) is 0 Å². The number of carbonyl (C=O) groups excluding carboxylic acids is 1. The minimum Gasteiger partial charge on any atom is -0.364 e. The Kier molecular flexibility index (Phi) is 4.93. The summed E-state index contributed by atoms with van der Waals surface area (Å²) in [6, 6.07) is 9.16. The van der Waals surface area contributed by atoms with E-state index in [-0.39, 0.29) is 11.0 Å². The fourth-order valence-electron chi connectivity index (χ4n) is 2.08. The summed E-state index contributed by atoms with van der Waals surface area (Å²) in [5.74, 6) is -0.391. The molecule has 0 bridgehead atoms. The van der Waals surface area contributed by atoms with Gasteiger partial charge in [-0.2, -0.15) is 0 Å². The molecule has 1 aromatic heterocycles. The number of amides is 1. The third kappa shape index (κ3) is 4.05. The fourth-order valence-corrected chi connectivity index (χ4v) is 2.08. The first-order valence-corrected chi connectivity index (χ1v) is 7.19. The normalized spacial score (nSPS) is 10.4. The molecule has 0 atom stereocenters. The number of anilines is 1. The van der Waals surface area contributed by atoms with Crippen molar-refractivity contribution < 1.29 is 4.79 Å². The number of carbonyl (C=O) groups is 1. The fraction of sp³-hybridized carbons (Fsp3) is 0.294. The Morgan fingerprint density at radius 2 is 1.95 bits per heavy atom. The summed E-state index contributed by atoms with van der Waals surface area (Å²) in [6.45, 7) is 3.94. The van der Waals surface area contributed by atoms with Crippen molar-refractivity contribution in [1.29, 1.82) is 0 Å². The van der Waals surface area contributed by atoms with Crippen LogP contribution in [0.1, 0.15) is 41.4 Å². The molecule has 2 aromatic rings. The first-order chi connectivity index (χ1) is 10.1. The highest BCUT2D eigenvalue weighted by Gasteiger charge is 2.10. The van der Waals surface area contributed by atoms with E-state index in [0.29, 0.717) is 5.69 Å². The molecule has 0 aliphatic rings. The average Bonchev–Trinajstić information content (AvgIpc) is 2.46. The first kappa shape index (κ1) is 15.0. The molecule has 0 fully saturated rings. The maximum Gasteiger partial charge on any atom is 0.261 e. The number of aryl methyl sites for hydroxylation is 2. The number of hydrogen-bond acceptors (Lipinski definition) is 2. The first-order valence-electron chi connectivity index (χ1n) is 7.19. The quantitative estimate of drug-likeness (QED) is 0.885. The van der Waals surface area contributed by atoms with Gasteiger partial charge in [-0.3, -0.25) is 9.59 Å². The van der Waals surface area contributed by atoms with E-state index in [2.05, 4.69) is 17.2 Å². The molecule has 0 aliphatic heterocycles. The van der Waals surface area contributed by atoms with E-state index < -0.39 is 5.91 Å². The van der Waals surface area contributed by atoms with Crippen molar-refractivity contribution in [1.82, 2.24) is 4.98 Å². The number of H-pyrrole nitrogens is 1. The number of nitrogens with one attached hydrogen (secondary N) is 2. The minimum absolute atomic E-state index is 0.121. The van der Waals surface area contributed by atoms with Gasteiger partial charge in [-0.05, 0) is 37.5 Å². The molecule has 1 aromatic carbocycles. The highest BCUT2D eigenvalue weighted by molar-refractivity contribution is 6.03. The lowest BCUT2D eigenvalue weighted by Crippen LogP contribution is -2.21. The summed E-state index contributed by atoms with van der Waals surface area (Å²) < 4.78 is 0. The van der Waals surface area contributed by atoms with Crippen LogP contribution in [0.4, 0.5) is 5.69 Å². The summed E-state index contributed by atoms with van der Waals surface area (Å²) in [7, 11) is 0. The SMILES string of the molecule is CCCCc1ccc(NC(=O)c2c[nH]c(C)cc2=O)cc1. The molecule has 1 heterocycles. The highest BCUT2D eigenvalue weighted by atomic mass is 16.2. The monoisotopic (exact) mass is 284 g/mol. The smallest absolute Gasteiger partial charge is 0.261 e. The zero-order valence-electron chi connectivity index (χ0n) is 12.4. The van der Waals surface area contributed by atoms with E-state index in [1.807, 2.05) is 24.3 Å². The molecule has 4 nitrogen and oxygen atoms in total. The topological polar surface area (TPSA) is 62.0 Å². The molecule has 2 rings (SSSR count). The van der Waals surface area contributed by atoms with Crippen molar-refractivity contribution in [2.45, 2.75) is 33.1 Å². The second-order valence-corrected chi connectivity index (χ2v) is 5.15. The maximum absolute atomic E-state index is 12.1. The number of rotatable bonds is 5. The van der Waals surface area contributed by atoms with Gasteiger partial charge >= 0.3 is 0 Å². The molecule has 0 saturated heterocycles. The van der Waals surface area contributed by atoms with Crippen molar-refractivity contribution in [2.75, 3.05) is 5.32 Å². The summed E-state index contributed by atoms with van der Waals surface area (Å²) in [5, 5.41) is 2.74. The molecule has 0 unspecified atom stereocenters. The van der Waals surface area contributed by atoms with Crippen molar-refractivity contribution in [3.63, 3.8) is 0 Å². The molecule has 0 saturated carbocycles. The molecule has 21 heavy (non-hydrogen) atoms. The highest BCUT2D eigenvalue weighted by Crippen LogP contribution is 2.12. The second kappa shape index (κ2) is 6.88. The number of aromatic amines is 1. The molecule has 1 amide bonds. The zero-order valence-corrected chi connectivity index (χ0v) is 12.4. The van der Waals surface area contributed by atoms with E-state index in [0.717, 1.165) is 25.0 Å². The van der Waals surface area contributed by atoms with Crippen LogP contribution in [0, 0.1) is 6.92 Å². The Hall–Kier alpha value is -2.36. The summed E-state index contributed by atoms with van der Waals surface area (Å²) in [5.41, 5.74) is 2.53. The molecule has 2 N–H and O–H groups in total. The van der Waals surface area contributed by atoms with Crippen LogP contribution in [-0.2, 0) is 6.42 Å². The largest absolute Gasteiger partial charge is 0.364 e. The van der Waals surface area contributed by atoms with Gasteiger partial charge in [0.05, 0.1) is 0 Å². The van der Waals surface area contributed by atoms with E-state index in [9.17, 15) is 9.59 Å². The van der Waals surface area contributed by atoms with Crippen molar-refractivity contribution in [3.8, 4) is 0 Å². The third-order valence-electron chi connectivity index (χ3n) is 3.33. The van der Waals surface area contributed by atoms with Gasteiger partial charge in [-0.1, -0.05) is 25.5 Å². The van der Waals surface area contributed by atoms with E-state index in [1.54, 1.807) is 6.92 Å². The summed E-state index contributed by atoms with van der Waals surface area (Å²) in [4.78, 5) is 26.7. The van der Waals surface area contributed by atoms with Crippen molar-refractivity contribution in [2.24, 2.45) is 0 Å². The van der Waals surface area contributed by atoms with E-state index in [1.165, 1.54) is 17.8 Å². The number of aromatic nitrogens is 1. The van der Waals surface area contributed by atoms with Crippen LogP contribution in [0.25, 0.3) is 0 Å². The molecular weight excluding hydrogens is 264 g/mol. The van der Waals surface area contributed by atoms with Gasteiger partial charge in [-0.25, -0.2) is 0 Å². The van der Waals surface area contributed by atoms with Gasteiger partial charge in [0.1, 0.15) is 5.56 Å². The molecule has 0 radical (unpaired) electrons. The standard InChI is InChI=1S/C17H20N2O2/c1-3-4-5-13-6-8-14(9-7-13)19-17(21)15-11-18-12(2)10-16(15)20/h6-11H,3-5H2,1-2H3,(H,18,20)(H,19,21). The lowest BCUT2D eigenvalue weighted by molar-refractivity contribution is 0.102. The number of hydrogen-bond donors (Lipinski definition) is 2. The third-order valence-corrected chi connectivity index (χ3v) is 3.33. The Morgan fingerprint density at radius 3 is 2.57 bits per heavy atom. The van der Waals surface area contributed by atoms with Gasteiger partial charge in [0.25, 0.3) is 5.91 Å². The van der Waals surface area contributed by atoms with E-state index in [4.69, 9.17) is 0 Å².